The van der Waals surface area contributed by atoms with Crippen molar-refractivity contribution >= 4 is 23.2 Å². The number of nitrogens with one attached hydrogen (secondary N) is 2. The van der Waals surface area contributed by atoms with Crippen molar-refractivity contribution in [3.63, 3.8) is 0 Å². The van der Waals surface area contributed by atoms with E-state index in [1.54, 1.807) is 18.2 Å². The lowest BCUT2D eigenvalue weighted by atomic mass is 10.1. The lowest BCUT2D eigenvalue weighted by Crippen LogP contribution is -2.19. The van der Waals surface area contributed by atoms with Crippen LogP contribution in [0.15, 0.2) is 36.4 Å². The molecule has 2 aromatic carbocycles. The summed E-state index contributed by atoms with van der Waals surface area (Å²) in [5, 5.41) is 5.42. The van der Waals surface area contributed by atoms with Crippen LogP contribution in [0.5, 0.6) is 11.5 Å². The van der Waals surface area contributed by atoms with E-state index in [4.69, 9.17) is 9.47 Å². The number of carbonyl (C=O) groups excluding carboxylic acids is 2. The summed E-state index contributed by atoms with van der Waals surface area (Å²) in [7, 11) is 0. The predicted octanol–water partition coefficient (Wildman–Crippen LogP) is 3.40. The van der Waals surface area contributed by atoms with Crippen molar-refractivity contribution in [2.24, 2.45) is 11.8 Å². The molecule has 0 spiro atoms. The monoisotopic (exact) mass is 356 g/mol. The summed E-state index contributed by atoms with van der Waals surface area (Å²) in [6, 6.07) is 8.69. The van der Waals surface area contributed by atoms with Crippen LogP contribution in [0.2, 0.25) is 0 Å². The summed E-state index contributed by atoms with van der Waals surface area (Å²) in [6.07, 6.45) is 0.825. The summed E-state index contributed by atoms with van der Waals surface area (Å²) in [6.45, 7) is 2.12. The molecule has 4 rings (SSSR count). The Kier molecular flexibility index (Phi) is 3.99. The van der Waals surface area contributed by atoms with Crippen molar-refractivity contribution in [3.05, 3.63) is 47.8 Å². The minimum absolute atomic E-state index is 0.0511. The van der Waals surface area contributed by atoms with Gasteiger partial charge in [0.05, 0.1) is 11.3 Å². The van der Waals surface area contributed by atoms with E-state index in [1.165, 1.54) is 12.1 Å². The number of fused-ring (bicyclic) bond motifs is 1. The maximum Gasteiger partial charge on any atom is 0.257 e. The van der Waals surface area contributed by atoms with E-state index in [1.807, 2.05) is 6.92 Å². The zero-order chi connectivity index (χ0) is 18.3. The van der Waals surface area contributed by atoms with Crippen molar-refractivity contribution in [1.82, 2.24) is 0 Å². The average molecular weight is 356 g/mol. The van der Waals surface area contributed by atoms with E-state index >= 15 is 0 Å². The van der Waals surface area contributed by atoms with Crippen LogP contribution in [-0.4, -0.2) is 18.6 Å². The molecule has 1 aliphatic heterocycles. The molecule has 0 saturated heterocycles. The first-order chi connectivity index (χ1) is 12.5. The molecule has 6 nitrogen and oxygen atoms in total. The van der Waals surface area contributed by atoms with Gasteiger partial charge in [-0.2, -0.15) is 0 Å². The fourth-order valence-corrected chi connectivity index (χ4v) is 2.90. The molecule has 0 radical (unpaired) electrons. The number of ether oxygens (including phenoxy) is 2. The Morgan fingerprint density at radius 2 is 1.85 bits per heavy atom. The molecular weight excluding hydrogens is 339 g/mol. The molecule has 2 aromatic rings. The van der Waals surface area contributed by atoms with Crippen molar-refractivity contribution in [1.29, 1.82) is 0 Å². The van der Waals surface area contributed by atoms with Gasteiger partial charge in [-0.05, 0) is 42.7 Å². The van der Waals surface area contributed by atoms with Gasteiger partial charge in [0.1, 0.15) is 5.82 Å². The smallest absolute Gasteiger partial charge is 0.257 e. The molecule has 2 aliphatic rings. The Bertz CT molecular complexity index is 899. The van der Waals surface area contributed by atoms with Crippen LogP contribution in [-0.2, 0) is 4.79 Å². The van der Waals surface area contributed by atoms with Gasteiger partial charge in [-0.3, -0.25) is 9.59 Å². The summed E-state index contributed by atoms with van der Waals surface area (Å²) >= 11 is 0. The van der Waals surface area contributed by atoms with Gasteiger partial charge in [0, 0.05) is 17.7 Å². The van der Waals surface area contributed by atoms with Crippen LogP contribution < -0.4 is 20.1 Å². The molecule has 2 atom stereocenters. The van der Waals surface area contributed by atoms with Gasteiger partial charge in [-0.25, -0.2) is 4.39 Å². The Labute approximate surface area is 149 Å². The van der Waals surface area contributed by atoms with Crippen molar-refractivity contribution in [3.8, 4) is 11.5 Å². The highest BCUT2D eigenvalue weighted by molar-refractivity contribution is 6.10. The van der Waals surface area contributed by atoms with Crippen LogP contribution in [0.4, 0.5) is 15.8 Å². The second-order valence-electron chi connectivity index (χ2n) is 6.52. The van der Waals surface area contributed by atoms with Crippen LogP contribution in [0.1, 0.15) is 23.7 Å². The largest absolute Gasteiger partial charge is 0.454 e. The Hall–Kier alpha value is -3.09. The number of carbonyl (C=O) groups is 2. The maximum absolute atomic E-state index is 13.7. The van der Waals surface area contributed by atoms with Gasteiger partial charge in [0.15, 0.2) is 11.5 Å². The third kappa shape index (κ3) is 3.20. The highest BCUT2D eigenvalue weighted by Crippen LogP contribution is 2.39. The molecule has 7 heteroatoms. The first-order valence-electron chi connectivity index (χ1n) is 8.32. The lowest BCUT2D eigenvalue weighted by Gasteiger charge is -2.12. The molecule has 2 N–H and O–H groups in total. The molecular formula is C19H17FN2O4. The van der Waals surface area contributed by atoms with Gasteiger partial charge in [-0.15, -0.1) is 0 Å². The number of hydrogen-bond donors (Lipinski definition) is 2. The molecule has 0 aromatic heterocycles. The summed E-state index contributed by atoms with van der Waals surface area (Å²) < 4.78 is 24.2. The molecule has 2 unspecified atom stereocenters. The van der Waals surface area contributed by atoms with E-state index in [0.717, 1.165) is 12.5 Å². The molecule has 1 saturated carbocycles. The van der Waals surface area contributed by atoms with Crippen molar-refractivity contribution in [2.75, 3.05) is 17.4 Å². The molecule has 0 bridgehead atoms. The van der Waals surface area contributed by atoms with Gasteiger partial charge in [0.2, 0.25) is 12.7 Å². The van der Waals surface area contributed by atoms with Crippen molar-refractivity contribution in [2.45, 2.75) is 13.3 Å². The summed E-state index contributed by atoms with van der Waals surface area (Å²) in [4.78, 5) is 24.8. The molecule has 1 fully saturated rings. The number of halogens is 1. The van der Waals surface area contributed by atoms with Crippen LogP contribution in [0.3, 0.4) is 0 Å². The average Bonchev–Trinajstić information content (AvgIpc) is 3.16. The second-order valence-corrected chi connectivity index (χ2v) is 6.52. The summed E-state index contributed by atoms with van der Waals surface area (Å²) in [5.41, 5.74) is 0.828. The maximum atomic E-state index is 13.7. The molecule has 1 heterocycles. The normalized spacial score (nSPS) is 19.8. The minimum atomic E-state index is -0.557. The van der Waals surface area contributed by atoms with Gasteiger partial charge >= 0.3 is 0 Å². The first kappa shape index (κ1) is 16.4. The quantitative estimate of drug-likeness (QED) is 0.880. The SMILES string of the molecule is CC1CC1C(=O)Nc1ccc(F)cc1C(=O)Nc1ccc2c(c1)OCO2. The third-order valence-corrected chi connectivity index (χ3v) is 4.56. The van der Waals surface area contributed by atoms with Gasteiger partial charge in [0.25, 0.3) is 5.91 Å². The van der Waals surface area contributed by atoms with Crippen LogP contribution in [0, 0.1) is 17.7 Å². The fraction of sp³-hybridized carbons (Fsp3) is 0.263. The molecule has 1 aliphatic carbocycles. The highest BCUT2D eigenvalue weighted by atomic mass is 19.1. The predicted molar refractivity (Wildman–Crippen MR) is 92.8 cm³/mol. The van der Waals surface area contributed by atoms with E-state index in [0.29, 0.717) is 23.1 Å². The van der Waals surface area contributed by atoms with Crippen LogP contribution in [0.25, 0.3) is 0 Å². The standard InChI is InChI=1S/C19H17FN2O4/c1-10-6-13(10)18(23)22-15-4-2-11(20)7-14(15)19(24)21-12-3-5-16-17(8-12)26-9-25-16/h2-5,7-8,10,13H,6,9H2,1H3,(H,21,24)(H,22,23). The van der Waals surface area contributed by atoms with E-state index in [2.05, 4.69) is 10.6 Å². The van der Waals surface area contributed by atoms with Crippen LogP contribution >= 0.6 is 0 Å². The zero-order valence-corrected chi connectivity index (χ0v) is 14.0. The number of benzene rings is 2. The highest BCUT2D eigenvalue weighted by Gasteiger charge is 2.39. The Morgan fingerprint density at radius 1 is 1.08 bits per heavy atom. The van der Waals surface area contributed by atoms with E-state index in [-0.39, 0.29) is 29.9 Å². The summed E-state index contributed by atoms with van der Waals surface area (Å²) in [5.74, 6) is 0.173. The Morgan fingerprint density at radius 3 is 2.62 bits per heavy atom. The Balaban J connectivity index is 1.54. The molecule has 2 amide bonds. The number of rotatable bonds is 4. The van der Waals surface area contributed by atoms with Gasteiger partial charge in [-0.1, -0.05) is 6.92 Å². The third-order valence-electron chi connectivity index (χ3n) is 4.56. The van der Waals surface area contributed by atoms with Crippen molar-refractivity contribution < 1.29 is 23.5 Å². The zero-order valence-electron chi connectivity index (χ0n) is 14.0. The number of anilines is 2. The van der Waals surface area contributed by atoms with E-state index in [9.17, 15) is 14.0 Å². The first-order valence-corrected chi connectivity index (χ1v) is 8.32. The molecule has 26 heavy (non-hydrogen) atoms. The fourth-order valence-electron chi connectivity index (χ4n) is 2.90. The molecule has 134 valence electrons. The second kappa shape index (κ2) is 6.33. The lowest BCUT2D eigenvalue weighted by molar-refractivity contribution is -0.117. The van der Waals surface area contributed by atoms with E-state index < -0.39 is 11.7 Å². The minimum Gasteiger partial charge on any atom is -0.454 e. The number of amides is 2. The topological polar surface area (TPSA) is 76.7 Å². The van der Waals surface area contributed by atoms with Gasteiger partial charge < -0.3 is 20.1 Å². The number of hydrogen-bond acceptors (Lipinski definition) is 4.